The number of anilines is 3. The van der Waals surface area contributed by atoms with E-state index < -0.39 is 0 Å². The van der Waals surface area contributed by atoms with E-state index in [2.05, 4.69) is 45.5 Å². The Morgan fingerprint density at radius 2 is 1.95 bits per heavy atom. The van der Waals surface area contributed by atoms with E-state index >= 15 is 0 Å². The molecule has 0 spiro atoms. The van der Waals surface area contributed by atoms with E-state index in [0.29, 0.717) is 0 Å². The van der Waals surface area contributed by atoms with Crippen LogP contribution in [0.25, 0.3) is 10.2 Å². The van der Waals surface area contributed by atoms with Gasteiger partial charge in [0.05, 0.1) is 15.7 Å². The SMILES string of the molecule is CCNc1cc(Nc2ccc3ncsc3c2)nc(CC)n1. The van der Waals surface area contributed by atoms with Crippen LogP contribution >= 0.6 is 11.3 Å². The zero-order chi connectivity index (χ0) is 14.7. The number of hydrogen-bond donors (Lipinski definition) is 2. The smallest absolute Gasteiger partial charge is 0.136 e. The molecule has 0 unspecified atom stereocenters. The number of fused-ring (bicyclic) bond motifs is 1. The van der Waals surface area contributed by atoms with Crippen LogP contribution in [0.15, 0.2) is 29.8 Å². The summed E-state index contributed by atoms with van der Waals surface area (Å²) in [5.74, 6) is 2.49. The molecule has 0 amide bonds. The van der Waals surface area contributed by atoms with Crippen molar-refractivity contribution in [3.63, 3.8) is 0 Å². The molecule has 3 aromatic rings. The number of nitrogens with one attached hydrogen (secondary N) is 2. The van der Waals surface area contributed by atoms with Crippen LogP contribution in [-0.2, 0) is 6.42 Å². The third-order valence-corrected chi connectivity index (χ3v) is 3.84. The van der Waals surface area contributed by atoms with Gasteiger partial charge in [0, 0.05) is 24.7 Å². The van der Waals surface area contributed by atoms with E-state index in [1.165, 1.54) is 0 Å². The lowest BCUT2D eigenvalue weighted by Gasteiger charge is -2.10. The van der Waals surface area contributed by atoms with Crippen molar-refractivity contribution in [3.05, 3.63) is 35.6 Å². The van der Waals surface area contributed by atoms with Gasteiger partial charge in [-0.15, -0.1) is 11.3 Å². The summed E-state index contributed by atoms with van der Waals surface area (Å²) in [6, 6.07) is 8.05. The van der Waals surface area contributed by atoms with Gasteiger partial charge in [-0.2, -0.15) is 0 Å². The van der Waals surface area contributed by atoms with Crippen molar-refractivity contribution in [2.24, 2.45) is 0 Å². The van der Waals surface area contributed by atoms with Gasteiger partial charge in [-0.3, -0.25) is 0 Å². The maximum Gasteiger partial charge on any atom is 0.136 e. The third kappa shape index (κ3) is 3.11. The number of rotatable bonds is 5. The molecule has 3 rings (SSSR count). The van der Waals surface area contributed by atoms with Crippen molar-refractivity contribution in [1.29, 1.82) is 0 Å². The van der Waals surface area contributed by atoms with Crippen LogP contribution in [0.3, 0.4) is 0 Å². The maximum absolute atomic E-state index is 4.52. The maximum atomic E-state index is 4.52. The highest BCUT2D eigenvalue weighted by Crippen LogP contribution is 2.24. The fraction of sp³-hybridized carbons (Fsp3) is 0.267. The van der Waals surface area contributed by atoms with E-state index in [0.717, 1.165) is 46.3 Å². The molecule has 1 aromatic carbocycles. The molecule has 0 aliphatic heterocycles. The average Bonchev–Trinajstić information content (AvgIpc) is 2.95. The predicted molar refractivity (Wildman–Crippen MR) is 88.5 cm³/mol. The van der Waals surface area contributed by atoms with Crippen molar-refractivity contribution < 1.29 is 0 Å². The van der Waals surface area contributed by atoms with Gasteiger partial charge in [-0.05, 0) is 25.1 Å². The van der Waals surface area contributed by atoms with Gasteiger partial charge in [-0.1, -0.05) is 6.92 Å². The van der Waals surface area contributed by atoms with Gasteiger partial charge in [0.2, 0.25) is 0 Å². The fourth-order valence-electron chi connectivity index (χ4n) is 2.07. The summed E-state index contributed by atoms with van der Waals surface area (Å²) in [6.45, 7) is 4.95. The van der Waals surface area contributed by atoms with E-state index in [1.807, 2.05) is 23.7 Å². The Morgan fingerprint density at radius 3 is 2.76 bits per heavy atom. The minimum Gasteiger partial charge on any atom is -0.370 e. The summed E-state index contributed by atoms with van der Waals surface area (Å²) < 4.78 is 1.16. The number of thiazole rings is 1. The number of nitrogens with zero attached hydrogens (tertiary/aromatic N) is 3. The van der Waals surface area contributed by atoms with Crippen LogP contribution in [-0.4, -0.2) is 21.5 Å². The Kier molecular flexibility index (Phi) is 3.96. The van der Waals surface area contributed by atoms with Gasteiger partial charge in [0.1, 0.15) is 17.5 Å². The lowest BCUT2D eigenvalue weighted by atomic mass is 10.3. The van der Waals surface area contributed by atoms with E-state index in [-0.39, 0.29) is 0 Å². The van der Waals surface area contributed by atoms with Crippen molar-refractivity contribution in [1.82, 2.24) is 15.0 Å². The van der Waals surface area contributed by atoms with Crippen LogP contribution in [0.4, 0.5) is 17.3 Å². The Balaban J connectivity index is 1.90. The molecular formula is C15H17N5S. The van der Waals surface area contributed by atoms with Crippen LogP contribution in [0.5, 0.6) is 0 Å². The summed E-state index contributed by atoms with van der Waals surface area (Å²) in [7, 11) is 0. The molecule has 0 saturated heterocycles. The molecule has 2 heterocycles. The number of benzene rings is 1. The summed E-state index contributed by atoms with van der Waals surface area (Å²) in [5.41, 5.74) is 3.89. The summed E-state index contributed by atoms with van der Waals surface area (Å²) >= 11 is 1.63. The molecule has 0 bridgehead atoms. The van der Waals surface area contributed by atoms with Gasteiger partial charge < -0.3 is 10.6 Å². The Labute approximate surface area is 127 Å². The van der Waals surface area contributed by atoms with Crippen molar-refractivity contribution >= 4 is 38.9 Å². The Morgan fingerprint density at radius 1 is 1.10 bits per heavy atom. The molecule has 0 fully saturated rings. The van der Waals surface area contributed by atoms with Crippen molar-refractivity contribution in [3.8, 4) is 0 Å². The molecule has 0 saturated carbocycles. The van der Waals surface area contributed by atoms with Crippen molar-refractivity contribution in [2.75, 3.05) is 17.2 Å². The van der Waals surface area contributed by atoms with Crippen LogP contribution in [0.1, 0.15) is 19.7 Å². The number of aryl methyl sites for hydroxylation is 1. The molecule has 108 valence electrons. The zero-order valence-corrected chi connectivity index (χ0v) is 12.9. The summed E-state index contributed by atoms with van der Waals surface area (Å²) in [5, 5.41) is 6.58. The highest BCUT2D eigenvalue weighted by Gasteiger charge is 2.05. The first-order valence-electron chi connectivity index (χ1n) is 7.00. The molecule has 5 nitrogen and oxygen atoms in total. The average molecular weight is 299 g/mol. The minimum atomic E-state index is 0.807. The van der Waals surface area contributed by atoms with Crippen molar-refractivity contribution in [2.45, 2.75) is 20.3 Å². The number of aromatic nitrogens is 3. The van der Waals surface area contributed by atoms with Crippen LogP contribution in [0, 0.1) is 0 Å². The minimum absolute atomic E-state index is 0.807. The molecule has 0 radical (unpaired) electrons. The van der Waals surface area contributed by atoms with Crippen LogP contribution < -0.4 is 10.6 Å². The first-order valence-corrected chi connectivity index (χ1v) is 7.88. The normalized spacial score (nSPS) is 10.8. The molecule has 0 aliphatic rings. The lowest BCUT2D eigenvalue weighted by molar-refractivity contribution is 0.939. The standard InChI is InChI=1S/C15H17N5S/c1-3-13-19-14(16-4-2)8-15(20-13)18-10-5-6-11-12(7-10)21-9-17-11/h5-9H,3-4H2,1-2H3,(H2,16,18,19,20). The first-order chi connectivity index (χ1) is 10.3. The molecular weight excluding hydrogens is 282 g/mol. The monoisotopic (exact) mass is 299 g/mol. The summed E-state index contributed by atoms with van der Waals surface area (Å²) in [4.78, 5) is 13.3. The zero-order valence-electron chi connectivity index (χ0n) is 12.1. The quantitative estimate of drug-likeness (QED) is 0.750. The van der Waals surface area contributed by atoms with Gasteiger partial charge in [0.25, 0.3) is 0 Å². The third-order valence-electron chi connectivity index (χ3n) is 3.05. The second-order valence-electron chi connectivity index (χ2n) is 4.60. The van der Waals surface area contributed by atoms with E-state index in [1.54, 1.807) is 11.3 Å². The van der Waals surface area contributed by atoms with E-state index in [4.69, 9.17) is 0 Å². The molecule has 6 heteroatoms. The second kappa shape index (κ2) is 6.05. The lowest BCUT2D eigenvalue weighted by Crippen LogP contribution is -2.05. The Bertz CT molecular complexity index is 753. The highest BCUT2D eigenvalue weighted by atomic mass is 32.1. The first kappa shape index (κ1) is 13.8. The highest BCUT2D eigenvalue weighted by molar-refractivity contribution is 7.16. The van der Waals surface area contributed by atoms with Gasteiger partial charge >= 0.3 is 0 Å². The topological polar surface area (TPSA) is 62.7 Å². The van der Waals surface area contributed by atoms with Gasteiger partial charge in [0.15, 0.2) is 0 Å². The second-order valence-corrected chi connectivity index (χ2v) is 5.48. The Hall–Kier alpha value is -2.21. The van der Waals surface area contributed by atoms with E-state index in [9.17, 15) is 0 Å². The van der Waals surface area contributed by atoms with Gasteiger partial charge in [-0.25, -0.2) is 15.0 Å². The predicted octanol–water partition coefficient (Wildman–Crippen LogP) is 3.82. The largest absolute Gasteiger partial charge is 0.370 e. The molecule has 2 aromatic heterocycles. The number of hydrogen-bond acceptors (Lipinski definition) is 6. The van der Waals surface area contributed by atoms with Crippen LogP contribution in [0.2, 0.25) is 0 Å². The molecule has 21 heavy (non-hydrogen) atoms. The molecule has 2 N–H and O–H groups in total. The summed E-state index contributed by atoms with van der Waals surface area (Å²) in [6.07, 6.45) is 0.807. The fourth-order valence-corrected chi connectivity index (χ4v) is 2.79. The molecule has 0 aliphatic carbocycles. The molecule has 0 atom stereocenters.